The molecule has 0 amide bonds. The van der Waals surface area contributed by atoms with Crippen molar-refractivity contribution in [3.8, 4) is 5.88 Å². The van der Waals surface area contributed by atoms with E-state index in [2.05, 4.69) is 10.5 Å². The minimum Gasteiger partial charge on any atom is -0.856 e. The molecule has 1 aromatic heterocycles. The number of nitrogens with zero attached hydrogens (tertiary/aromatic N) is 1. The molecular weight excluding hydrogens is 171 g/mol. The van der Waals surface area contributed by atoms with Crippen LogP contribution in [0, 0.1) is 0 Å². The molecule has 0 radical (unpaired) electrons. The molecule has 11 heavy (non-hydrogen) atoms. The first kappa shape index (κ1) is 9.69. The molecule has 2 heterocycles. The summed E-state index contributed by atoms with van der Waals surface area (Å²) < 4.78 is 4.76. The van der Waals surface area contributed by atoms with Crippen molar-refractivity contribution < 1.29 is 61.0 Å². The standard InChI is InChI=1S/C6H8N2O2.K/c9-6-4-1-2-7-3-5(4)10-8-6;/h7H,1-3H2,(H,8,9);/q;+1/p-1. The van der Waals surface area contributed by atoms with Crippen LogP contribution in [0.15, 0.2) is 4.52 Å². The summed E-state index contributed by atoms with van der Waals surface area (Å²) in [6, 6.07) is 0. The largest absolute Gasteiger partial charge is 1.00 e. The molecule has 2 rings (SSSR count). The predicted molar refractivity (Wildman–Crippen MR) is 31.4 cm³/mol. The maximum atomic E-state index is 10.8. The van der Waals surface area contributed by atoms with Gasteiger partial charge in [0.2, 0.25) is 0 Å². The summed E-state index contributed by atoms with van der Waals surface area (Å²) in [6.07, 6.45) is 0.748. The van der Waals surface area contributed by atoms with E-state index in [0.29, 0.717) is 12.3 Å². The average molecular weight is 178 g/mol. The average Bonchev–Trinajstić information content (AvgIpc) is 2.34. The van der Waals surface area contributed by atoms with Gasteiger partial charge >= 0.3 is 51.4 Å². The predicted octanol–water partition coefficient (Wildman–Crippen LogP) is -3.60. The monoisotopic (exact) mass is 178 g/mol. The van der Waals surface area contributed by atoms with E-state index in [9.17, 15) is 5.11 Å². The summed E-state index contributed by atoms with van der Waals surface area (Å²) in [5.41, 5.74) is 0.749. The fourth-order valence-corrected chi connectivity index (χ4v) is 1.13. The first-order valence-electron chi connectivity index (χ1n) is 3.23. The number of rotatable bonds is 0. The Hall–Kier alpha value is 0.606. The molecule has 0 spiro atoms. The Kier molecular flexibility index (Phi) is 3.54. The van der Waals surface area contributed by atoms with Crippen molar-refractivity contribution in [3.63, 3.8) is 0 Å². The number of hydrogen-bond acceptors (Lipinski definition) is 4. The number of fused-ring (bicyclic) bond motifs is 1. The molecule has 1 aromatic rings. The van der Waals surface area contributed by atoms with E-state index in [4.69, 9.17) is 4.52 Å². The van der Waals surface area contributed by atoms with Crippen LogP contribution in [0.5, 0.6) is 5.88 Å². The van der Waals surface area contributed by atoms with Gasteiger partial charge in [0.25, 0.3) is 0 Å². The van der Waals surface area contributed by atoms with Gasteiger partial charge in [-0.1, -0.05) is 5.16 Å². The van der Waals surface area contributed by atoms with E-state index < -0.39 is 0 Å². The smallest absolute Gasteiger partial charge is 0.856 e. The van der Waals surface area contributed by atoms with Crippen molar-refractivity contribution in [1.29, 1.82) is 0 Å². The second kappa shape index (κ2) is 4.02. The van der Waals surface area contributed by atoms with Gasteiger partial charge < -0.3 is 14.9 Å². The molecule has 0 fully saturated rings. The summed E-state index contributed by atoms with van der Waals surface area (Å²) in [7, 11) is 0. The number of aromatic nitrogens is 1. The molecule has 0 atom stereocenters. The van der Waals surface area contributed by atoms with Crippen LogP contribution in [0.25, 0.3) is 0 Å². The second-order valence-electron chi connectivity index (χ2n) is 2.32. The molecule has 0 unspecified atom stereocenters. The molecule has 0 saturated heterocycles. The third-order valence-electron chi connectivity index (χ3n) is 1.67. The van der Waals surface area contributed by atoms with Crippen LogP contribution in [0.1, 0.15) is 11.3 Å². The van der Waals surface area contributed by atoms with Crippen molar-refractivity contribution in [2.45, 2.75) is 13.0 Å². The van der Waals surface area contributed by atoms with E-state index >= 15 is 0 Å². The van der Waals surface area contributed by atoms with E-state index in [1.807, 2.05) is 0 Å². The first-order chi connectivity index (χ1) is 4.88. The molecule has 5 heteroatoms. The molecule has 0 aliphatic carbocycles. The van der Waals surface area contributed by atoms with Gasteiger partial charge in [-0.05, 0) is 13.0 Å². The van der Waals surface area contributed by atoms with Gasteiger partial charge in [0.05, 0.1) is 6.54 Å². The van der Waals surface area contributed by atoms with E-state index in [0.717, 1.165) is 18.5 Å². The number of hydrogen-bond donors (Lipinski definition) is 1. The van der Waals surface area contributed by atoms with Gasteiger partial charge in [0.15, 0.2) is 5.76 Å². The van der Waals surface area contributed by atoms with Crippen LogP contribution in [-0.2, 0) is 13.0 Å². The van der Waals surface area contributed by atoms with Crippen molar-refractivity contribution in [1.82, 2.24) is 10.5 Å². The van der Waals surface area contributed by atoms with Gasteiger partial charge in [0, 0.05) is 11.4 Å². The van der Waals surface area contributed by atoms with Gasteiger partial charge in [-0.3, -0.25) is 0 Å². The Labute approximate surface area is 107 Å². The van der Waals surface area contributed by atoms with E-state index in [1.165, 1.54) is 0 Å². The van der Waals surface area contributed by atoms with E-state index in [1.54, 1.807) is 0 Å². The maximum absolute atomic E-state index is 10.8. The minimum atomic E-state index is -0.198. The van der Waals surface area contributed by atoms with Crippen molar-refractivity contribution in [2.75, 3.05) is 6.54 Å². The molecule has 54 valence electrons. The summed E-state index contributed by atoms with van der Waals surface area (Å²) in [5, 5.41) is 17.2. The van der Waals surface area contributed by atoms with Crippen molar-refractivity contribution in [3.05, 3.63) is 11.3 Å². The van der Waals surface area contributed by atoms with Crippen LogP contribution >= 0.6 is 0 Å². The zero-order valence-corrected chi connectivity index (χ0v) is 9.51. The zero-order valence-electron chi connectivity index (χ0n) is 6.39. The van der Waals surface area contributed by atoms with Crippen LogP contribution < -0.4 is 61.8 Å². The summed E-state index contributed by atoms with van der Waals surface area (Å²) >= 11 is 0. The first-order valence-corrected chi connectivity index (χ1v) is 3.23. The van der Waals surface area contributed by atoms with Gasteiger partial charge in [-0.2, -0.15) is 0 Å². The fraction of sp³-hybridized carbons (Fsp3) is 0.500. The molecule has 0 aromatic carbocycles. The SMILES string of the molecule is [K+].[O-]c1noc2c1CCNC2. The normalized spacial score (nSPS) is 15.3. The summed E-state index contributed by atoms with van der Waals surface area (Å²) in [4.78, 5) is 0. The molecule has 0 bridgehead atoms. The van der Waals surface area contributed by atoms with Crippen LogP contribution in [0.2, 0.25) is 0 Å². The summed E-state index contributed by atoms with van der Waals surface area (Å²) in [5.74, 6) is 0.507. The molecule has 1 N–H and O–H groups in total. The third-order valence-corrected chi connectivity index (χ3v) is 1.67. The van der Waals surface area contributed by atoms with Gasteiger partial charge in [-0.25, -0.2) is 0 Å². The van der Waals surface area contributed by atoms with Crippen LogP contribution in [0.3, 0.4) is 0 Å². The topological polar surface area (TPSA) is 61.1 Å². The number of nitrogens with one attached hydrogen (secondary N) is 1. The second-order valence-corrected chi connectivity index (χ2v) is 2.32. The Balaban J connectivity index is 0.000000605. The Morgan fingerprint density at radius 3 is 3.09 bits per heavy atom. The van der Waals surface area contributed by atoms with Crippen molar-refractivity contribution >= 4 is 0 Å². The quantitative estimate of drug-likeness (QED) is 0.417. The molecule has 1 aliphatic heterocycles. The molecular formula is C6H7KN2O2. The van der Waals surface area contributed by atoms with Crippen LogP contribution in [0.4, 0.5) is 0 Å². The Bertz CT molecular complexity index is 249. The minimum absolute atomic E-state index is 0. The molecule has 0 saturated carbocycles. The summed E-state index contributed by atoms with van der Waals surface area (Å²) in [6.45, 7) is 1.49. The van der Waals surface area contributed by atoms with Gasteiger partial charge in [-0.15, -0.1) is 0 Å². The fourth-order valence-electron chi connectivity index (χ4n) is 1.13. The zero-order chi connectivity index (χ0) is 6.97. The third kappa shape index (κ3) is 1.85. The Morgan fingerprint density at radius 2 is 2.36 bits per heavy atom. The van der Waals surface area contributed by atoms with E-state index in [-0.39, 0.29) is 57.3 Å². The Morgan fingerprint density at radius 1 is 1.55 bits per heavy atom. The van der Waals surface area contributed by atoms with Crippen molar-refractivity contribution in [2.24, 2.45) is 0 Å². The van der Waals surface area contributed by atoms with Crippen LogP contribution in [-0.4, -0.2) is 11.7 Å². The maximum Gasteiger partial charge on any atom is 1.00 e. The van der Waals surface area contributed by atoms with Gasteiger partial charge in [0.1, 0.15) is 0 Å². The molecule has 1 aliphatic rings. The molecule has 4 nitrogen and oxygen atoms in total.